The molecular weight excluding hydrogens is 372 g/mol. The van der Waals surface area contributed by atoms with Crippen LogP contribution >= 0.6 is 11.6 Å². The van der Waals surface area contributed by atoms with Crippen molar-refractivity contribution < 1.29 is 9.90 Å². The van der Waals surface area contributed by atoms with Crippen LogP contribution in [0.2, 0.25) is 5.02 Å². The van der Waals surface area contributed by atoms with E-state index in [0.29, 0.717) is 27.2 Å². The molecule has 138 valence electrons. The standard InChI is InChI=1S/C23H17ClN2O2/c24-19-11-5-4-10-17(19)21(26-23(28)16-7-2-1-3-8-16)18-13-12-15-9-6-14-25-20(15)22(18)27/h1-14,21,27H,(H,26,28)/t21-/m0/s1. The van der Waals surface area contributed by atoms with Crippen LogP contribution in [0, 0.1) is 0 Å². The molecule has 28 heavy (non-hydrogen) atoms. The fourth-order valence-electron chi connectivity index (χ4n) is 3.21. The summed E-state index contributed by atoms with van der Waals surface area (Å²) < 4.78 is 0. The molecule has 0 bridgehead atoms. The first-order valence-corrected chi connectivity index (χ1v) is 9.20. The molecule has 3 aromatic carbocycles. The van der Waals surface area contributed by atoms with E-state index in [2.05, 4.69) is 10.3 Å². The summed E-state index contributed by atoms with van der Waals surface area (Å²) >= 11 is 6.42. The Labute approximate surface area is 167 Å². The zero-order chi connectivity index (χ0) is 19.5. The normalized spacial score (nSPS) is 11.9. The zero-order valence-corrected chi connectivity index (χ0v) is 15.6. The predicted molar refractivity (Wildman–Crippen MR) is 111 cm³/mol. The number of carbonyl (C=O) groups excluding carboxylic acids is 1. The molecule has 0 spiro atoms. The number of fused-ring (bicyclic) bond motifs is 1. The van der Waals surface area contributed by atoms with E-state index < -0.39 is 6.04 Å². The minimum absolute atomic E-state index is 0.0244. The number of aromatic hydroxyl groups is 1. The third-order valence-corrected chi connectivity index (χ3v) is 4.96. The molecule has 4 aromatic rings. The fourth-order valence-corrected chi connectivity index (χ4v) is 3.46. The molecule has 0 aliphatic carbocycles. The lowest BCUT2D eigenvalue weighted by atomic mass is 9.95. The Kier molecular flexibility index (Phi) is 4.96. The highest BCUT2D eigenvalue weighted by Gasteiger charge is 2.24. The van der Waals surface area contributed by atoms with Gasteiger partial charge in [0, 0.05) is 27.7 Å². The van der Waals surface area contributed by atoms with Crippen LogP contribution in [0.15, 0.2) is 85.1 Å². The number of carbonyl (C=O) groups is 1. The van der Waals surface area contributed by atoms with Crippen molar-refractivity contribution in [2.45, 2.75) is 6.04 Å². The minimum atomic E-state index is -0.632. The number of phenols is 1. The number of phenolic OH excluding ortho intramolecular Hbond substituents is 1. The lowest BCUT2D eigenvalue weighted by Gasteiger charge is -2.22. The van der Waals surface area contributed by atoms with E-state index in [-0.39, 0.29) is 11.7 Å². The van der Waals surface area contributed by atoms with Crippen molar-refractivity contribution >= 4 is 28.4 Å². The van der Waals surface area contributed by atoms with Crippen molar-refractivity contribution in [3.05, 3.63) is 107 Å². The number of nitrogens with one attached hydrogen (secondary N) is 1. The third kappa shape index (κ3) is 3.42. The second-order valence-electron chi connectivity index (χ2n) is 6.37. The van der Waals surface area contributed by atoms with Gasteiger partial charge in [0.2, 0.25) is 0 Å². The molecule has 2 N–H and O–H groups in total. The fraction of sp³-hybridized carbons (Fsp3) is 0.0435. The number of benzene rings is 3. The van der Waals surface area contributed by atoms with Crippen LogP contribution < -0.4 is 5.32 Å². The second-order valence-corrected chi connectivity index (χ2v) is 6.78. The molecule has 0 fully saturated rings. The Hall–Kier alpha value is -3.37. The largest absolute Gasteiger partial charge is 0.505 e. The van der Waals surface area contributed by atoms with Crippen LogP contribution in [0.3, 0.4) is 0 Å². The van der Waals surface area contributed by atoms with Crippen molar-refractivity contribution in [2.75, 3.05) is 0 Å². The summed E-state index contributed by atoms with van der Waals surface area (Å²) in [5.74, 6) is -0.234. The summed E-state index contributed by atoms with van der Waals surface area (Å²) in [7, 11) is 0. The summed E-state index contributed by atoms with van der Waals surface area (Å²) in [4.78, 5) is 17.1. The van der Waals surface area contributed by atoms with Gasteiger partial charge in [-0.2, -0.15) is 0 Å². The van der Waals surface area contributed by atoms with Crippen LogP contribution in [0.5, 0.6) is 5.75 Å². The van der Waals surface area contributed by atoms with Gasteiger partial charge in [-0.1, -0.05) is 66.2 Å². The van der Waals surface area contributed by atoms with Gasteiger partial charge in [0.25, 0.3) is 5.91 Å². The van der Waals surface area contributed by atoms with Crippen LogP contribution in [0.25, 0.3) is 10.9 Å². The van der Waals surface area contributed by atoms with E-state index in [1.54, 1.807) is 42.6 Å². The monoisotopic (exact) mass is 388 g/mol. The van der Waals surface area contributed by atoms with E-state index in [1.807, 2.05) is 42.5 Å². The van der Waals surface area contributed by atoms with E-state index in [9.17, 15) is 9.90 Å². The second kappa shape index (κ2) is 7.71. The van der Waals surface area contributed by atoms with Crippen LogP contribution in [-0.4, -0.2) is 16.0 Å². The number of amides is 1. The highest BCUT2D eigenvalue weighted by molar-refractivity contribution is 6.31. The number of halogens is 1. The van der Waals surface area contributed by atoms with Gasteiger partial charge in [-0.05, 0) is 29.8 Å². The van der Waals surface area contributed by atoms with Crippen molar-refractivity contribution in [3.8, 4) is 5.75 Å². The number of aromatic nitrogens is 1. The summed E-state index contributed by atoms with van der Waals surface area (Å²) in [6.45, 7) is 0. The zero-order valence-electron chi connectivity index (χ0n) is 14.8. The molecule has 1 heterocycles. The van der Waals surface area contributed by atoms with Crippen LogP contribution in [0.4, 0.5) is 0 Å². The summed E-state index contributed by atoms with van der Waals surface area (Å²) in [6.07, 6.45) is 1.62. The molecule has 0 radical (unpaired) electrons. The van der Waals surface area contributed by atoms with Crippen molar-refractivity contribution in [2.24, 2.45) is 0 Å². The quantitative estimate of drug-likeness (QED) is 0.510. The highest BCUT2D eigenvalue weighted by atomic mass is 35.5. The predicted octanol–water partition coefficient (Wildman–Crippen LogP) is 5.11. The molecule has 4 nitrogen and oxygen atoms in total. The van der Waals surface area contributed by atoms with Gasteiger partial charge in [-0.15, -0.1) is 0 Å². The summed E-state index contributed by atoms with van der Waals surface area (Å²) in [5, 5.41) is 15.2. The lowest BCUT2D eigenvalue weighted by molar-refractivity contribution is 0.0943. The van der Waals surface area contributed by atoms with E-state index >= 15 is 0 Å². The molecule has 4 rings (SSSR count). The maximum Gasteiger partial charge on any atom is 0.252 e. The number of hydrogen-bond donors (Lipinski definition) is 2. The van der Waals surface area contributed by atoms with Gasteiger partial charge < -0.3 is 10.4 Å². The van der Waals surface area contributed by atoms with Gasteiger partial charge in [-0.3, -0.25) is 9.78 Å². The molecular formula is C23H17ClN2O2. The lowest BCUT2D eigenvalue weighted by Crippen LogP contribution is -2.29. The highest BCUT2D eigenvalue weighted by Crippen LogP contribution is 2.36. The molecule has 5 heteroatoms. The van der Waals surface area contributed by atoms with E-state index in [4.69, 9.17) is 11.6 Å². The Bertz CT molecular complexity index is 1150. The molecule has 0 aliphatic heterocycles. The summed E-state index contributed by atoms with van der Waals surface area (Å²) in [6, 6.07) is 22.9. The molecule has 0 unspecified atom stereocenters. The van der Waals surface area contributed by atoms with E-state index in [1.165, 1.54) is 0 Å². The van der Waals surface area contributed by atoms with Crippen LogP contribution in [-0.2, 0) is 0 Å². The molecule has 1 atom stereocenters. The van der Waals surface area contributed by atoms with Gasteiger partial charge in [0.15, 0.2) is 0 Å². The molecule has 0 saturated heterocycles. The van der Waals surface area contributed by atoms with Crippen molar-refractivity contribution in [1.29, 1.82) is 0 Å². The molecule has 1 amide bonds. The summed E-state index contributed by atoms with van der Waals surface area (Å²) in [5.41, 5.74) is 2.23. The molecule has 0 aliphatic rings. The van der Waals surface area contributed by atoms with Gasteiger partial charge in [0.1, 0.15) is 11.3 Å². The number of rotatable bonds is 4. The Morgan fingerprint density at radius 2 is 1.64 bits per heavy atom. The minimum Gasteiger partial charge on any atom is -0.505 e. The van der Waals surface area contributed by atoms with Gasteiger partial charge in [-0.25, -0.2) is 0 Å². The van der Waals surface area contributed by atoms with E-state index in [0.717, 1.165) is 5.39 Å². The van der Waals surface area contributed by atoms with Crippen LogP contribution in [0.1, 0.15) is 27.5 Å². The topological polar surface area (TPSA) is 62.2 Å². The molecule has 1 aromatic heterocycles. The van der Waals surface area contributed by atoms with Gasteiger partial charge in [0.05, 0.1) is 6.04 Å². The first-order valence-electron chi connectivity index (χ1n) is 8.82. The number of nitrogens with zero attached hydrogens (tertiary/aromatic N) is 1. The SMILES string of the molecule is O=C(N[C@@H](c1ccccc1Cl)c1ccc2cccnc2c1O)c1ccccc1. The maximum atomic E-state index is 12.8. The Morgan fingerprint density at radius 1 is 0.893 bits per heavy atom. The Balaban J connectivity index is 1.83. The van der Waals surface area contributed by atoms with Crippen molar-refractivity contribution in [3.63, 3.8) is 0 Å². The average Bonchev–Trinajstić information content (AvgIpc) is 2.74. The van der Waals surface area contributed by atoms with Crippen molar-refractivity contribution in [1.82, 2.24) is 10.3 Å². The third-order valence-electron chi connectivity index (χ3n) is 4.62. The maximum absolute atomic E-state index is 12.8. The molecule has 0 saturated carbocycles. The first kappa shape index (κ1) is 18.0. The number of pyridine rings is 1. The Morgan fingerprint density at radius 3 is 2.43 bits per heavy atom. The smallest absolute Gasteiger partial charge is 0.252 e. The number of hydrogen-bond acceptors (Lipinski definition) is 3. The average molecular weight is 389 g/mol. The first-order chi connectivity index (χ1) is 13.6. The van der Waals surface area contributed by atoms with Gasteiger partial charge >= 0.3 is 0 Å².